The van der Waals surface area contributed by atoms with Crippen LogP contribution in [0.5, 0.6) is 0 Å². The fourth-order valence-electron chi connectivity index (χ4n) is 1.63. The minimum Gasteiger partial charge on any atom is -0.381 e. The Morgan fingerprint density at radius 3 is 3.05 bits per heavy atom. The van der Waals surface area contributed by atoms with Gasteiger partial charge in [0.05, 0.1) is 5.02 Å². The molecule has 0 saturated carbocycles. The van der Waals surface area contributed by atoms with E-state index in [1.807, 2.05) is 6.07 Å². The zero-order valence-corrected chi connectivity index (χ0v) is 12.0. The maximum Gasteiger partial charge on any atom is 0.243 e. The molecule has 2 rings (SSSR count). The molecule has 0 aromatic carbocycles. The van der Waals surface area contributed by atoms with Crippen LogP contribution in [0.2, 0.25) is 5.02 Å². The Kier molecular flexibility index (Phi) is 4.99. The molecule has 0 aliphatic heterocycles. The van der Waals surface area contributed by atoms with Crippen LogP contribution < -0.4 is 5.32 Å². The highest BCUT2D eigenvalue weighted by Gasteiger charge is 2.02. The zero-order valence-electron chi connectivity index (χ0n) is 11.3. The van der Waals surface area contributed by atoms with Gasteiger partial charge in [-0.15, -0.1) is 5.10 Å². The highest BCUT2D eigenvalue weighted by Crippen LogP contribution is 2.11. The summed E-state index contributed by atoms with van der Waals surface area (Å²) in [5, 5.41) is 8.11. The number of ether oxygens (including phenoxy) is 1. The molecule has 0 unspecified atom stereocenters. The van der Waals surface area contributed by atoms with E-state index in [4.69, 9.17) is 16.3 Å². The van der Waals surface area contributed by atoms with E-state index in [2.05, 4.69) is 29.2 Å². The molecule has 1 N–H and O–H groups in total. The summed E-state index contributed by atoms with van der Waals surface area (Å²) in [6.45, 7) is 6.64. The minimum atomic E-state index is 0.581. The van der Waals surface area contributed by atoms with E-state index >= 15 is 0 Å². The van der Waals surface area contributed by atoms with Gasteiger partial charge in [-0.25, -0.2) is 4.52 Å². The quantitative estimate of drug-likeness (QED) is 0.794. The van der Waals surface area contributed by atoms with Crippen molar-refractivity contribution in [2.75, 3.05) is 25.1 Å². The van der Waals surface area contributed by atoms with Crippen LogP contribution in [0.3, 0.4) is 0 Å². The van der Waals surface area contributed by atoms with Gasteiger partial charge < -0.3 is 10.1 Å². The van der Waals surface area contributed by atoms with E-state index in [0.29, 0.717) is 16.9 Å². The standard InChI is InChI=1S/C13H19ClN4O/c1-10(2)9-19-7-3-6-15-13-16-12-5-4-11(14)8-18(12)17-13/h4-5,8,10H,3,6-7,9H2,1-2H3,(H,15,17). The number of rotatable bonds is 7. The molecule has 104 valence electrons. The van der Waals surface area contributed by atoms with Crippen molar-refractivity contribution in [1.82, 2.24) is 14.6 Å². The lowest BCUT2D eigenvalue weighted by molar-refractivity contribution is 0.110. The Balaban J connectivity index is 1.75. The molecular weight excluding hydrogens is 264 g/mol. The van der Waals surface area contributed by atoms with Crippen LogP contribution in [0, 0.1) is 5.92 Å². The number of halogens is 1. The average molecular weight is 283 g/mol. The first kappa shape index (κ1) is 14.1. The lowest BCUT2D eigenvalue weighted by atomic mass is 10.2. The van der Waals surface area contributed by atoms with Gasteiger partial charge in [-0.1, -0.05) is 25.4 Å². The molecule has 2 heterocycles. The molecule has 0 fully saturated rings. The Morgan fingerprint density at radius 1 is 1.42 bits per heavy atom. The third-order valence-corrected chi connectivity index (χ3v) is 2.72. The van der Waals surface area contributed by atoms with E-state index < -0.39 is 0 Å². The molecule has 0 aliphatic carbocycles. The molecule has 0 bridgehead atoms. The van der Waals surface area contributed by atoms with Gasteiger partial charge in [0.15, 0.2) is 5.65 Å². The highest BCUT2D eigenvalue weighted by molar-refractivity contribution is 6.30. The summed E-state index contributed by atoms with van der Waals surface area (Å²) in [7, 11) is 0. The Bertz CT molecular complexity index is 526. The third-order valence-electron chi connectivity index (χ3n) is 2.49. The first-order valence-electron chi connectivity index (χ1n) is 6.48. The van der Waals surface area contributed by atoms with Crippen LogP contribution in [-0.2, 0) is 4.74 Å². The number of aromatic nitrogens is 3. The van der Waals surface area contributed by atoms with Crippen molar-refractivity contribution < 1.29 is 4.74 Å². The molecule has 5 nitrogen and oxygen atoms in total. The maximum atomic E-state index is 5.89. The second-order valence-corrected chi connectivity index (χ2v) is 5.27. The smallest absolute Gasteiger partial charge is 0.243 e. The second kappa shape index (κ2) is 6.73. The highest BCUT2D eigenvalue weighted by atomic mass is 35.5. The van der Waals surface area contributed by atoms with Crippen molar-refractivity contribution in [1.29, 1.82) is 0 Å². The minimum absolute atomic E-state index is 0.581. The lowest BCUT2D eigenvalue weighted by Gasteiger charge is -2.06. The van der Waals surface area contributed by atoms with Crippen molar-refractivity contribution in [3.05, 3.63) is 23.4 Å². The Labute approximate surface area is 117 Å². The lowest BCUT2D eigenvalue weighted by Crippen LogP contribution is -2.09. The van der Waals surface area contributed by atoms with Crippen molar-refractivity contribution in [3.63, 3.8) is 0 Å². The maximum absolute atomic E-state index is 5.89. The largest absolute Gasteiger partial charge is 0.381 e. The molecule has 6 heteroatoms. The molecule has 0 radical (unpaired) electrons. The van der Waals surface area contributed by atoms with E-state index in [0.717, 1.165) is 31.8 Å². The van der Waals surface area contributed by atoms with Gasteiger partial charge in [-0.05, 0) is 24.5 Å². The summed E-state index contributed by atoms with van der Waals surface area (Å²) >= 11 is 5.89. The first-order valence-corrected chi connectivity index (χ1v) is 6.86. The van der Waals surface area contributed by atoms with E-state index in [9.17, 15) is 0 Å². The van der Waals surface area contributed by atoms with Gasteiger partial charge in [0.25, 0.3) is 0 Å². The summed E-state index contributed by atoms with van der Waals surface area (Å²) in [5.74, 6) is 1.20. The number of nitrogens with one attached hydrogen (secondary N) is 1. The molecule has 0 aliphatic rings. The molecule has 0 saturated heterocycles. The van der Waals surface area contributed by atoms with Crippen LogP contribution in [-0.4, -0.2) is 34.4 Å². The number of nitrogens with zero attached hydrogens (tertiary/aromatic N) is 3. The summed E-state index contributed by atoms with van der Waals surface area (Å²) in [6, 6.07) is 3.64. The summed E-state index contributed by atoms with van der Waals surface area (Å²) < 4.78 is 7.17. The normalized spacial score (nSPS) is 11.4. The van der Waals surface area contributed by atoms with E-state index in [1.54, 1.807) is 16.8 Å². The molecule has 2 aromatic rings. The predicted octanol–water partition coefficient (Wildman–Crippen LogP) is 2.86. The van der Waals surface area contributed by atoms with Gasteiger partial charge >= 0.3 is 0 Å². The molecule has 19 heavy (non-hydrogen) atoms. The molecule has 2 aromatic heterocycles. The topological polar surface area (TPSA) is 51.5 Å². The number of fused-ring (bicyclic) bond motifs is 1. The van der Waals surface area contributed by atoms with E-state index in [-0.39, 0.29) is 0 Å². The SMILES string of the molecule is CC(C)COCCCNc1nc2ccc(Cl)cn2n1. The Hall–Kier alpha value is -1.33. The second-order valence-electron chi connectivity index (χ2n) is 4.83. The van der Waals surface area contributed by atoms with Crippen molar-refractivity contribution >= 4 is 23.2 Å². The van der Waals surface area contributed by atoms with Crippen LogP contribution in [0.1, 0.15) is 20.3 Å². The molecule has 0 spiro atoms. The van der Waals surface area contributed by atoms with Crippen LogP contribution in [0.25, 0.3) is 5.65 Å². The van der Waals surface area contributed by atoms with Gasteiger partial charge in [0, 0.05) is 26.0 Å². The zero-order chi connectivity index (χ0) is 13.7. The van der Waals surface area contributed by atoms with Crippen LogP contribution in [0.4, 0.5) is 5.95 Å². The van der Waals surface area contributed by atoms with Gasteiger partial charge in [-0.2, -0.15) is 4.98 Å². The van der Waals surface area contributed by atoms with Crippen molar-refractivity contribution in [2.24, 2.45) is 5.92 Å². The summed E-state index contributed by atoms with van der Waals surface area (Å²) in [5.41, 5.74) is 0.781. The predicted molar refractivity (Wildman–Crippen MR) is 76.8 cm³/mol. The van der Waals surface area contributed by atoms with Gasteiger partial charge in [-0.3, -0.25) is 0 Å². The number of anilines is 1. The monoisotopic (exact) mass is 282 g/mol. The third kappa shape index (κ3) is 4.36. The van der Waals surface area contributed by atoms with Gasteiger partial charge in [0.2, 0.25) is 5.95 Å². The van der Waals surface area contributed by atoms with Crippen molar-refractivity contribution in [2.45, 2.75) is 20.3 Å². The van der Waals surface area contributed by atoms with E-state index in [1.165, 1.54) is 0 Å². The number of hydrogen-bond donors (Lipinski definition) is 1. The first-order chi connectivity index (χ1) is 9.15. The fraction of sp³-hybridized carbons (Fsp3) is 0.538. The number of pyridine rings is 1. The van der Waals surface area contributed by atoms with Crippen LogP contribution in [0.15, 0.2) is 18.3 Å². The summed E-state index contributed by atoms with van der Waals surface area (Å²) in [6.07, 6.45) is 2.67. The Morgan fingerprint density at radius 2 is 2.26 bits per heavy atom. The molecule has 0 amide bonds. The number of hydrogen-bond acceptors (Lipinski definition) is 4. The van der Waals surface area contributed by atoms with Crippen LogP contribution >= 0.6 is 11.6 Å². The van der Waals surface area contributed by atoms with Crippen molar-refractivity contribution in [3.8, 4) is 0 Å². The molecular formula is C13H19ClN4O. The van der Waals surface area contributed by atoms with Gasteiger partial charge in [0.1, 0.15) is 0 Å². The fourth-order valence-corrected chi connectivity index (χ4v) is 1.78. The summed E-state index contributed by atoms with van der Waals surface area (Å²) in [4.78, 5) is 4.34. The average Bonchev–Trinajstić information content (AvgIpc) is 2.75. The molecule has 0 atom stereocenters.